The standard InChI is InChI=1S/C16H26N4O3/c1-13-10-19(15(21)2-6-20-12-17-11-18-20)7-5-16(13,22)14-3-8-23-9-4-14/h11-14,22H,2-10H2,1H3. The molecule has 2 aliphatic rings. The van der Waals surface area contributed by atoms with E-state index in [2.05, 4.69) is 17.0 Å². The normalized spacial score (nSPS) is 29.7. The summed E-state index contributed by atoms with van der Waals surface area (Å²) in [7, 11) is 0. The number of nitrogens with zero attached hydrogens (tertiary/aromatic N) is 4. The molecular formula is C16H26N4O3. The molecule has 1 aromatic heterocycles. The van der Waals surface area contributed by atoms with Gasteiger partial charge in [0.25, 0.3) is 0 Å². The molecule has 1 aromatic rings. The van der Waals surface area contributed by atoms with Crippen molar-refractivity contribution in [2.75, 3.05) is 26.3 Å². The molecule has 3 rings (SSSR count). The van der Waals surface area contributed by atoms with Crippen LogP contribution in [-0.4, -0.2) is 62.6 Å². The second-order valence-electron chi connectivity index (χ2n) is 6.78. The van der Waals surface area contributed by atoms with Crippen LogP contribution in [0.15, 0.2) is 12.7 Å². The van der Waals surface area contributed by atoms with Gasteiger partial charge >= 0.3 is 0 Å². The lowest BCUT2D eigenvalue weighted by atomic mass is 9.70. The van der Waals surface area contributed by atoms with Gasteiger partial charge in [-0.05, 0) is 25.2 Å². The van der Waals surface area contributed by atoms with Crippen LogP contribution in [-0.2, 0) is 16.1 Å². The highest BCUT2D eigenvalue weighted by Gasteiger charge is 2.45. The monoisotopic (exact) mass is 322 g/mol. The predicted octanol–water partition coefficient (Wildman–Crippen LogP) is 0.694. The summed E-state index contributed by atoms with van der Waals surface area (Å²) in [4.78, 5) is 18.2. The molecule has 2 fully saturated rings. The van der Waals surface area contributed by atoms with Crippen LogP contribution in [0, 0.1) is 11.8 Å². The number of piperidine rings is 1. The third kappa shape index (κ3) is 3.55. The number of carbonyl (C=O) groups excluding carboxylic acids is 1. The van der Waals surface area contributed by atoms with Crippen molar-refractivity contribution in [3.8, 4) is 0 Å². The summed E-state index contributed by atoms with van der Waals surface area (Å²) in [5.74, 6) is 0.509. The number of aryl methyl sites for hydroxylation is 1. The van der Waals surface area contributed by atoms with Gasteiger partial charge in [-0.15, -0.1) is 0 Å². The van der Waals surface area contributed by atoms with Gasteiger partial charge in [0.1, 0.15) is 12.7 Å². The van der Waals surface area contributed by atoms with Crippen molar-refractivity contribution in [1.29, 1.82) is 0 Å². The largest absolute Gasteiger partial charge is 0.389 e. The smallest absolute Gasteiger partial charge is 0.224 e. The molecule has 2 atom stereocenters. The van der Waals surface area contributed by atoms with Crippen molar-refractivity contribution in [3.05, 3.63) is 12.7 Å². The third-order valence-corrected chi connectivity index (χ3v) is 5.43. The Bertz CT molecular complexity index is 515. The van der Waals surface area contributed by atoms with E-state index in [9.17, 15) is 9.90 Å². The summed E-state index contributed by atoms with van der Waals surface area (Å²) in [6.07, 6.45) is 6.01. The molecule has 1 amide bonds. The van der Waals surface area contributed by atoms with Crippen LogP contribution in [0.5, 0.6) is 0 Å². The van der Waals surface area contributed by atoms with E-state index in [1.54, 1.807) is 11.0 Å². The summed E-state index contributed by atoms with van der Waals surface area (Å²) >= 11 is 0. The lowest BCUT2D eigenvalue weighted by molar-refractivity contribution is -0.151. The van der Waals surface area contributed by atoms with Crippen LogP contribution in [0.2, 0.25) is 0 Å². The minimum Gasteiger partial charge on any atom is -0.389 e. The SMILES string of the molecule is CC1CN(C(=O)CCn2cncn2)CCC1(O)C1CCOCC1. The van der Waals surface area contributed by atoms with Gasteiger partial charge in [0.2, 0.25) is 5.91 Å². The maximum atomic E-state index is 12.4. The first-order valence-electron chi connectivity index (χ1n) is 8.50. The molecule has 2 unspecified atom stereocenters. The Morgan fingerprint density at radius 1 is 1.43 bits per heavy atom. The predicted molar refractivity (Wildman–Crippen MR) is 83.5 cm³/mol. The fraction of sp³-hybridized carbons (Fsp3) is 0.812. The van der Waals surface area contributed by atoms with Crippen LogP contribution in [0.25, 0.3) is 0 Å². The average molecular weight is 322 g/mol. The van der Waals surface area contributed by atoms with Crippen LogP contribution < -0.4 is 0 Å². The number of aromatic nitrogens is 3. The highest BCUT2D eigenvalue weighted by Crippen LogP contribution is 2.39. The molecule has 1 N–H and O–H groups in total. The maximum absolute atomic E-state index is 12.4. The molecule has 0 radical (unpaired) electrons. The van der Waals surface area contributed by atoms with Crippen molar-refractivity contribution in [2.24, 2.45) is 11.8 Å². The van der Waals surface area contributed by atoms with E-state index in [1.165, 1.54) is 6.33 Å². The second kappa shape index (κ2) is 6.97. The molecule has 0 aromatic carbocycles. The maximum Gasteiger partial charge on any atom is 0.224 e. The van der Waals surface area contributed by atoms with Gasteiger partial charge in [0.15, 0.2) is 0 Å². The van der Waals surface area contributed by atoms with Gasteiger partial charge in [-0.2, -0.15) is 5.10 Å². The van der Waals surface area contributed by atoms with E-state index in [0.29, 0.717) is 38.4 Å². The van der Waals surface area contributed by atoms with Crippen LogP contribution in [0.3, 0.4) is 0 Å². The summed E-state index contributed by atoms with van der Waals surface area (Å²) in [6, 6.07) is 0. The zero-order valence-corrected chi connectivity index (χ0v) is 13.7. The Morgan fingerprint density at radius 2 is 2.22 bits per heavy atom. The number of ether oxygens (including phenoxy) is 1. The molecule has 0 bridgehead atoms. The van der Waals surface area contributed by atoms with Gasteiger partial charge in [-0.1, -0.05) is 6.92 Å². The Hall–Kier alpha value is -1.47. The highest BCUT2D eigenvalue weighted by molar-refractivity contribution is 5.76. The van der Waals surface area contributed by atoms with Crippen LogP contribution in [0.4, 0.5) is 0 Å². The van der Waals surface area contributed by atoms with Crippen LogP contribution >= 0.6 is 0 Å². The van der Waals surface area contributed by atoms with Crippen molar-refractivity contribution < 1.29 is 14.6 Å². The van der Waals surface area contributed by atoms with E-state index in [4.69, 9.17) is 4.74 Å². The minimum atomic E-state index is -0.660. The number of carbonyl (C=O) groups is 1. The first kappa shape index (κ1) is 16.4. The summed E-state index contributed by atoms with van der Waals surface area (Å²) in [5.41, 5.74) is -0.660. The van der Waals surface area contributed by atoms with Crippen molar-refractivity contribution in [2.45, 2.75) is 44.8 Å². The van der Waals surface area contributed by atoms with E-state index >= 15 is 0 Å². The molecule has 2 aliphatic heterocycles. The molecule has 128 valence electrons. The van der Waals surface area contributed by atoms with Crippen molar-refractivity contribution >= 4 is 5.91 Å². The quantitative estimate of drug-likeness (QED) is 0.882. The zero-order chi connectivity index (χ0) is 16.3. The fourth-order valence-corrected chi connectivity index (χ4v) is 3.89. The average Bonchev–Trinajstić information content (AvgIpc) is 3.09. The van der Waals surface area contributed by atoms with E-state index in [0.717, 1.165) is 26.1 Å². The molecule has 0 saturated carbocycles. The molecular weight excluding hydrogens is 296 g/mol. The lowest BCUT2D eigenvalue weighted by Crippen LogP contribution is -2.56. The number of rotatable bonds is 4. The lowest BCUT2D eigenvalue weighted by Gasteiger charge is -2.48. The molecule has 23 heavy (non-hydrogen) atoms. The van der Waals surface area contributed by atoms with Gasteiger partial charge < -0.3 is 14.7 Å². The molecule has 0 aliphatic carbocycles. The zero-order valence-electron chi connectivity index (χ0n) is 13.7. The van der Waals surface area contributed by atoms with Gasteiger partial charge in [0.05, 0.1) is 12.1 Å². The van der Waals surface area contributed by atoms with Gasteiger partial charge in [-0.25, -0.2) is 4.98 Å². The molecule has 2 saturated heterocycles. The summed E-state index contributed by atoms with van der Waals surface area (Å²) in [5, 5.41) is 15.1. The summed E-state index contributed by atoms with van der Waals surface area (Å²) < 4.78 is 7.08. The van der Waals surface area contributed by atoms with E-state index in [-0.39, 0.29) is 11.8 Å². The molecule has 7 heteroatoms. The minimum absolute atomic E-state index is 0.0923. The first-order valence-corrected chi connectivity index (χ1v) is 8.50. The van der Waals surface area contributed by atoms with E-state index in [1.807, 2.05) is 4.90 Å². The Labute approximate surface area is 136 Å². The molecule has 7 nitrogen and oxygen atoms in total. The highest BCUT2D eigenvalue weighted by atomic mass is 16.5. The Kier molecular flexibility index (Phi) is 4.96. The Morgan fingerprint density at radius 3 is 2.87 bits per heavy atom. The molecule has 3 heterocycles. The van der Waals surface area contributed by atoms with Gasteiger partial charge in [0, 0.05) is 38.6 Å². The number of amides is 1. The van der Waals surface area contributed by atoms with E-state index < -0.39 is 5.60 Å². The second-order valence-corrected chi connectivity index (χ2v) is 6.78. The van der Waals surface area contributed by atoms with Crippen molar-refractivity contribution in [3.63, 3.8) is 0 Å². The summed E-state index contributed by atoms with van der Waals surface area (Å²) in [6.45, 7) is 5.35. The number of hydrogen-bond donors (Lipinski definition) is 1. The van der Waals surface area contributed by atoms with Crippen molar-refractivity contribution in [1.82, 2.24) is 19.7 Å². The number of likely N-dealkylation sites (tertiary alicyclic amines) is 1. The number of hydrogen-bond acceptors (Lipinski definition) is 5. The van der Waals surface area contributed by atoms with Crippen LogP contribution in [0.1, 0.15) is 32.6 Å². The molecule has 0 spiro atoms. The van der Waals surface area contributed by atoms with Gasteiger partial charge in [-0.3, -0.25) is 9.48 Å². The fourth-order valence-electron chi connectivity index (χ4n) is 3.89. The first-order chi connectivity index (χ1) is 11.1. The number of aliphatic hydroxyl groups is 1. The third-order valence-electron chi connectivity index (χ3n) is 5.43. The topological polar surface area (TPSA) is 80.5 Å². The Balaban J connectivity index is 1.53.